The lowest BCUT2D eigenvalue weighted by atomic mass is 10.0. The molecule has 18 heavy (non-hydrogen) atoms. The van der Waals surface area contributed by atoms with Crippen LogP contribution in [0.15, 0.2) is 24.3 Å². The van der Waals surface area contributed by atoms with E-state index < -0.39 is 6.09 Å². The van der Waals surface area contributed by atoms with Gasteiger partial charge >= 0.3 is 6.09 Å². The molecule has 1 atom stereocenters. The summed E-state index contributed by atoms with van der Waals surface area (Å²) in [5, 5.41) is 9.84. The smallest absolute Gasteiger partial charge is 0.407 e. The monoisotopic (exact) mass is 269 g/mol. The molecule has 0 aromatic heterocycles. The first kappa shape index (κ1) is 14.8. The summed E-state index contributed by atoms with van der Waals surface area (Å²) in [5.74, 6) is 0.150. The van der Waals surface area contributed by atoms with Crippen LogP contribution < -0.4 is 0 Å². The van der Waals surface area contributed by atoms with E-state index in [1.54, 1.807) is 0 Å². The second kappa shape index (κ2) is 7.27. The van der Waals surface area contributed by atoms with E-state index >= 15 is 0 Å². The van der Waals surface area contributed by atoms with Gasteiger partial charge in [0.15, 0.2) is 0 Å². The first-order valence-corrected chi connectivity index (χ1v) is 6.65. The van der Waals surface area contributed by atoms with Gasteiger partial charge in [-0.05, 0) is 30.0 Å². The fourth-order valence-corrected chi connectivity index (χ4v) is 2.06. The average Bonchev–Trinajstić information content (AvgIpc) is 2.33. The number of carboxylic acid groups (broad SMARTS) is 1. The van der Waals surface area contributed by atoms with Crippen molar-refractivity contribution in [3.05, 3.63) is 34.9 Å². The molecule has 0 heterocycles. The molecule has 0 spiro atoms. The highest BCUT2D eigenvalue weighted by Gasteiger charge is 2.16. The van der Waals surface area contributed by atoms with E-state index in [-0.39, 0.29) is 5.92 Å². The molecule has 1 aromatic rings. The van der Waals surface area contributed by atoms with E-state index in [9.17, 15) is 4.79 Å². The predicted octanol–water partition coefficient (Wildman–Crippen LogP) is 4.22. The maximum Gasteiger partial charge on any atom is 0.407 e. The molecule has 1 aromatic carbocycles. The van der Waals surface area contributed by atoms with Crippen LogP contribution in [0.3, 0.4) is 0 Å². The normalized spacial score (nSPS) is 12.2. The van der Waals surface area contributed by atoms with Crippen LogP contribution in [-0.4, -0.2) is 29.2 Å². The molecule has 0 bridgehead atoms. The van der Waals surface area contributed by atoms with Gasteiger partial charge in [-0.1, -0.05) is 44.0 Å². The molecule has 3 nitrogen and oxygen atoms in total. The van der Waals surface area contributed by atoms with E-state index in [2.05, 4.69) is 6.92 Å². The van der Waals surface area contributed by atoms with Gasteiger partial charge in [-0.2, -0.15) is 0 Å². The van der Waals surface area contributed by atoms with Crippen molar-refractivity contribution in [2.75, 3.05) is 13.1 Å². The Morgan fingerprint density at radius 3 is 2.78 bits per heavy atom. The van der Waals surface area contributed by atoms with E-state index in [1.807, 2.05) is 31.2 Å². The van der Waals surface area contributed by atoms with Crippen molar-refractivity contribution in [1.29, 1.82) is 0 Å². The summed E-state index contributed by atoms with van der Waals surface area (Å²) in [7, 11) is 0. The van der Waals surface area contributed by atoms with Crippen molar-refractivity contribution < 1.29 is 9.90 Å². The van der Waals surface area contributed by atoms with Crippen molar-refractivity contribution in [3.8, 4) is 0 Å². The van der Waals surface area contributed by atoms with Crippen molar-refractivity contribution in [3.63, 3.8) is 0 Å². The molecule has 4 heteroatoms. The van der Waals surface area contributed by atoms with Gasteiger partial charge in [0.05, 0.1) is 0 Å². The molecule has 0 radical (unpaired) electrons. The Morgan fingerprint density at radius 2 is 2.22 bits per heavy atom. The van der Waals surface area contributed by atoms with Crippen LogP contribution in [0.4, 0.5) is 4.79 Å². The zero-order chi connectivity index (χ0) is 13.5. The molecule has 0 fully saturated rings. The molecule has 1 amide bonds. The average molecular weight is 270 g/mol. The maximum absolute atomic E-state index is 11.1. The molecule has 0 aliphatic carbocycles. The van der Waals surface area contributed by atoms with Gasteiger partial charge in [0, 0.05) is 18.1 Å². The number of carbonyl (C=O) groups is 1. The van der Waals surface area contributed by atoms with E-state index in [1.165, 1.54) is 4.90 Å². The number of hydrogen-bond acceptors (Lipinski definition) is 1. The van der Waals surface area contributed by atoms with Crippen LogP contribution >= 0.6 is 11.6 Å². The van der Waals surface area contributed by atoms with Crippen LogP contribution in [0.5, 0.6) is 0 Å². The van der Waals surface area contributed by atoms with Gasteiger partial charge in [-0.25, -0.2) is 4.79 Å². The topological polar surface area (TPSA) is 40.5 Å². The number of hydrogen-bond donors (Lipinski definition) is 1. The van der Waals surface area contributed by atoms with Gasteiger partial charge in [-0.3, -0.25) is 0 Å². The van der Waals surface area contributed by atoms with Crippen molar-refractivity contribution in [2.45, 2.75) is 32.6 Å². The van der Waals surface area contributed by atoms with Crippen LogP contribution in [0.2, 0.25) is 5.02 Å². The largest absolute Gasteiger partial charge is 0.465 e. The summed E-state index contributed by atoms with van der Waals surface area (Å²) in [5.41, 5.74) is 1.07. The first-order valence-electron chi connectivity index (χ1n) is 6.28. The van der Waals surface area contributed by atoms with Gasteiger partial charge in [0.25, 0.3) is 0 Å². The number of amides is 1. The molecule has 100 valence electrons. The van der Waals surface area contributed by atoms with E-state index in [0.29, 0.717) is 18.1 Å². The maximum atomic E-state index is 11.1. The minimum Gasteiger partial charge on any atom is -0.465 e. The number of unbranched alkanes of at least 4 members (excludes halogenated alkanes) is 1. The fourth-order valence-electron chi connectivity index (χ4n) is 1.86. The summed E-state index contributed by atoms with van der Waals surface area (Å²) in [6, 6.07) is 7.59. The molecular weight excluding hydrogens is 250 g/mol. The number of nitrogens with zero attached hydrogens (tertiary/aromatic N) is 1. The molecular formula is C14H20ClNO2. The van der Waals surface area contributed by atoms with Crippen LogP contribution in [0.25, 0.3) is 0 Å². The molecule has 0 aliphatic heterocycles. The Labute approximate surface area is 113 Å². The molecule has 0 saturated heterocycles. The van der Waals surface area contributed by atoms with E-state index in [0.717, 1.165) is 18.4 Å². The first-order chi connectivity index (χ1) is 8.54. The molecule has 0 saturated carbocycles. The second-order valence-corrected chi connectivity index (χ2v) is 4.97. The third-order valence-corrected chi connectivity index (χ3v) is 3.20. The number of halogens is 1. The fraction of sp³-hybridized carbons (Fsp3) is 0.500. The van der Waals surface area contributed by atoms with Crippen LogP contribution in [0, 0.1) is 0 Å². The van der Waals surface area contributed by atoms with Crippen LogP contribution in [0.1, 0.15) is 38.2 Å². The summed E-state index contributed by atoms with van der Waals surface area (Å²) in [6.45, 7) is 5.18. The van der Waals surface area contributed by atoms with Gasteiger partial charge < -0.3 is 10.0 Å². The van der Waals surface area contributed by atoms with Crippen molar-refractivity contribution >= 4 is 17.7 Å². The number of benzene rings is 1. The van der Waals surface area contributed by atoms with E-state index in [4.69, 9.17) is 16.7 Å². The van der Waals surface area contributed by atoms with Gasteiger partial charge in [0.1, 0.15) is 0 Å². The molecule has 0 aliphatic rings. The Balaban J connectivity index is 2.65. The van der Waals surface area contributed by atoms with Gasteiger partial charge in [0.2, 0.25) is 0 Å². The third-order valence-electron chi connectivity index (χ3n) is 2.96. The standard InChI is InChI=1S/C14H20ClNO2/c1-3-4-8-16(14(17)18)10-11(2)12-6-5-7-13(15)9-12/h5-7,9,11H,3-4,8,10H2,1-2H3,(H,17,18). The zero-order valence-corrected chi connectivity index (χ0v) is 11.7. The SMILES string of the molecule is CCCCN(CC(C)c1cccc(Cl)c1)C(=O)O. The summed E-state index contributed by atoms with van der Waals surface area (Å²) >= 11 is 5.94. The Morgan fingerprint density at radius 1 is 1.50 bits per heavy atom. The summed E-state index contributed by atoms with van der Waals surface area (Å²) in [4.78, 5) is 12.6. The highest BCUT2D eigenvalue weighted by Crippen LogP contribution is 2.20. The minimum atomic E-state index is -0.850. The molecule has 1 unspecified atom stereocenters. The van der Waals surface area contributed by atoms with Gasteiger partial charge in [-0.15, -0.1) is 0 Å². The molecule has 1 rings (SSSR count). The Hall–Kier alpha value is -1.22. The lowest BCUT2D eigenvalue weighted by Gasteiger charge is -2.23. The summed E-state index contributed by atoms with van der Waals surface area (Å²) in [6.07, 6.45) is 1.04. The summed E-state index contributed by atoms with van der Waals surface area (Å²) < 4.78 is 0. The van der Waals surface area contributed by atoms with Crippen molar-refractivity contribution in [1.82, 2.24) is 4.90 Å². The third kappa shape index (κ3) is 4.57. The molecule has 1 N–H and O–H groups in total. The Bertz CT molecular complexity index is 395. The minimum absolute atomic E-state index is 0.150. The zero-order valence-electron chi connectivity index (χ0n) is 10.9. The lowest BCUT2D eigenvalue weighted by Crippen LogP contribution is -2.33. The van der Waals surface area contributed by atoms with Crippen LogP contribution in [-0.2, 0) is 0 Å². The predicted molar refractivity (Wildman–Crippen MR) is 74.4 cm³/mol. The quantitative estimate of drug-likeness (QED) is 0.840. The lowest BCUT2D eigenvalue weighted by molar-refractivity contribution is 0.142. The Kier molecular flexibility index (Phi) is 5.99. The van der Waals surface area contributed by atoms with Crippen molar-refractivity contribution in [2.24, 2.45) is 0 Å². The highest BCUT2D eigenvalue weighted by molar-refractivity contribution is 6.30. The highest BCUT2D eigenvalue weighted by atomic mass is 35.5. The second-order valence-electron chi connectivity index (χ2n) is 4.54. The number of rotatable bonds is 6.